The standard InChI is InChI=1S/C15H22F3N/c1-12(14-8-4-3-5-9-14)11-19-13(2)7-6-10-15(16,17)18/h3-5,8-9,12-13,19H,6-7,10-11H2,1-2H3. The molecule has 0 bridgehead atoms. The Hall–Kier alpha value is -1.03. The van der Waals surface area contributed by atoms with Crippen molar-refractivity contribution in [2.45, 2.75) is 51.2 Å². The number of nitrogens with one attached hydrogen (secondary N) is 1. The van der Waals surface area contributed by atoms with E-state index in [0.717, 1.165) is 6.54 Å². The van der Waals surface area contributed by atoms with Gasteiger partial charge < -0.3 is 5.32 Å². The highest BCUT2D eigenvalue weighted by atomic mass is 19.4. The van der Waals surface area contributed by atoms with Crippen LogP contribution in [-0.4, -0.2) is 18.8 Å². The number of hydrogen-bond acceptors (Lipinski definition) is 1. The van der Waals surface area contributed by atoms with Crippen molar-refractivity contribution in [3.05, 3.63) is 35.9 Å². The van der Waals surface area contributed by atoms with Crippen LogP contribution in [0.4, 0.5) is 13.2 Å². The largest absolute Gasteiger partial charge is 0.389 e. The zero-order valence-corrected chi connectivity index (χ0v) is 11.5. The van der Waals surface area contributed by atoms with Gasteiger partial charge in [0, 0.05) is 19.0 Å². The van der Waals surface area contributed by atoms with Crippen LogP contribution in [0, 0.1) is 0 Å². The summed E-state index contributed by atoms with van der Waals surface area (Å²) in [5, 5.41) is 3.30. The maximum Gasteiger partial charge on any atom is 0.389 e. The third kappa shape index (κ3) is 7.21. The Balaban J connectivity index is 2.21. The molecule has 1 aromatic rings. The minimum Gasteiger partial charge on any atom is -0.314 e. The van der Waals surface area contributed by atoms with Gasteiger partial charge in [-0.3, -0.25) is 0 Å². The zero-order chi connectivity index (χ0) is 14.3. The lowest BCUT2D eigenvalue weighted by Crippen LogP contribution is -2.29. The molecule has 0 aliphatic carbocycles. The van der Waals surface area contributed by atoms with Crippen LogP contribution in [-0.2, 0) is 0 Å². The predicted octanol–water partition coefficient (Wildman–Crippen LogP) is 4.50. The molecule has 1 nitrogen and oxygen atoms in total. The van der Waals surface area contributed by atoms with Crippen LogP contribution in [0.25, 0.3) is 0 Å². The molecule has 19 heavy (non-hydrogen) atoms. The first-order valence-corrected chi connectivity index (χ1v) is 6.73. The molecular formula is C15H22F3N. The van der Waals surface area contributed by atoms with Gasteiger partial charge in [-0.15, -0.1) is 0 Å². The zero-order valence-electron chi connectivity index (χ0n) is 11.5. The van der Waals surface area contributed by atoms with Gasteiger partial charge >= 0.3 is 6.18 Å². The summed E-state index contributed by atoms with van der Waals surface area (Å²) in [5.74, 6) is 0.367. The van der Waals surface area contributed by atoms with Crippen LogP contribution in [0.2, 0.25) is 0 Å². The molecule has 0 amide bonds. The van der Waals surface area contributed by atoms with Gasteiger partial charge in [0.15, 0.2) is 0 Å². The average molecular weight is 273 g/mol. The fourth-order valence-corrected chi connectivity index (χ4v) is 1.99. The predicted molar refractivity (Wildman–Crippen MR) is 72.2 cm³/mol. The Morgan fingerprint density at radius 2 is 1.74 bits per heavy atom. The topological polar surface area (TPSA) is 12.0 Å². The van der Waals surface area contributed by atoms with Gasteiger partial charge in [0.05, 0.1) is 0 Å². The van der Waals surface area contributed by atoms with E-state index in [2.05, 4.69) is 24.4 Å². The summed E-state index contributed by atoms with van der Waals surface area (Å²) < 4.78 is 36.1. The van der Waals surface area contributed by atoms with Gasteiger partial charge in [0.1, 0.15) is 0 Å². The second-order valence-corrected chi connectivity index (χ2v) is 5.13. The molecule has 0 fully saturated rings. The maximum absolute atomic E-state index is 12.0. The van der Waals surface area contributed by atoms with Crippen LogP contribution >= 0.6 is 0 Å². The lowest BCUT2D eigenvalue weighted by molar-refractivity contribution is -0.135. The van der Waals surface area contributed by atoms with E-state index in [-0.39, 0.29) is 12.5 Å². The second kappa shape index (κ2) is 7.53. The van der Waals surface area contributed by atoms with Crippen LogP contribution in [0.5, 0.6) is 0 Å². The summed E-state index contributed by atoms with van der Waals surface area (Å²) in [5.41, 5.74) is 1.25. The van der Waals surface area contributed by atoms with Crippen LogP contribution in [0.15, 0.2) is 30.3 Å². The molecule has 0 saturated heterocycles. The Morgan fingerprint density at radius 3 is 2.32 bits per heavy atom. The molecule has 0 aromatic heterocycles. The van der Waals surface area contributed by atoms with Crippen molar-refractivity contribution in [2.75, 3.05) is 6.54 Å². The van der Waals surface area contributed by atoms with Crippen molar-refractivity contribution in [1.29, 1.82) is 0 Å². The summed E-state index contributed by atoms with van der Waals surface area (Å²) in [6, 6.07) is 10.2. The highest BCUT2D eigenvalue weighted by Crippen LogP contribution is 2.22. The summed E-state index contributed by atoms with van der Waals surface area (Å²) in [4.78, 5) is 0. The Kier molecular flexibility index (Phi) is 6.35. The number of halogens is 3. The van der Waals surface area contributed by atoms with E-state index >= 15 is 0 Å². The Labute approximate surface area is 113 Å². The highest BCUT2D eigenvalue weighted by Gasteiger charge is 2.26. The SMILES string of the molecule is CC(CCCC(F)(F)F)NCC(C)c1ccccc1. The quantitative estimate of drug-likeness (QED) is 0.771. The first kappa shape index (κ1) is 16.0. The molecule has 1 rings (SSSR count). The normalized spacial score (nSPS) is 15.2. The third-order valence-electron chi connectivity index (χ3n) is 3.24. The first-order valence-electron chi connectivity index (χ1n) is 6.73. The molecule has 0 spiro atoms. The van der Waals surface area contributed by atoms with Gasteiger partial charge in [0.25, 0.3) is 0 Å². The van der Waals surface area contributed by atoms with E-state index < -0.39 is 12.6 Å². The molecule has 0 aliphatic heterocycles. The van der Waals surface area contributed by atoms with Crippen LogP contribution in [0.1, 0.15) is 44.6 Å². The fourth-order valence-electron chi connectivity index (χ4n) is 1.99. The lowest BCUT2D eigenvalue weighted by atomic mass is 10.0. The molecule has 1 aromatic carbocycles. The molecule has 0 heterocycles. The lowest BCUT2D eigenvalue weighted by Gasteiger charge is -2.18. The van der Waals surface area contributed by atoms with E-state index in [4.69, 9.17) is 0 Å². The van der Waals surface area contributed by atoms with E-state index in [1.165, 1.54) is 5.56 Å². The molecule has 108 valence electrons. The molecule has 2 atom stereocenters. The summed E-state index contributed by atoms with van der Waals surface area (Å²) in [7, 11) is 0. The molecule has 0 radical (unpaired) electrons. The van der Waals surface area contributed by atoms with Crippen molar-refractivity contribution in [3.8, 4) is 0 Å². The van der Waals surface area contributed by atoms with Gasteiger partial charge in [-0.1, -0.05) is 37.3 Å². The summed E-state index contributed by atoms with van der Waals surface area (Å²) in [6.07, 6.45) is -3.97. The Bertz CT molecular complexity index is 348. The number of hydrogen-bond donors (Lipinski definition) is 1. The molecule has 1 N–H and O–H groups in total. The molecule has 4 heteroatoms. The Morgan fingerprint density at radius 1 is 1.11 bits per heavy atom. The van der Waals surface area contributed by atoms with Crippen molar-refractivity contribution < 1.29 is 13.2 Å². The molecule has 0 saturated carbocycles. The van der Waals surface area contributed by atoms with Gasteiger partial charge in [-0.05, 0) is 31.2 Å². The monoisotopic (exact) mass is 273 g/mol. The minimum absolute atomic E-state index is 0.119. The molecule has 0 aliphatic rings. The van der Waals surface area contributed by atoms with Gasteiger partial charge in [-0.2, -0.15) is 13.2 Å². The third-order valence-corrected chi connectivity index (χ3v) is 3.24. The first-order chi connectivity index (χ1) is 8.88. The summed E-state index contributed by atoms with van der Waals surface area (Å²) in [6.45, 7) is 4.84. The smallest absolute Gasteiger partial charge is 0.314 e. The maximum atomic E-state index is 12.0. The van der Waals surface area contributed by atoms with E-state index in [1.807, 2.05) is 25.1 Å². The fraction of sp³-hybridized carbons (Fsp3) is 0.600. The number of rotatable bonds is 7. The second-order valence-electron chi connectivity index (χ2n) is 5.13. The van der Waals surface area contributed by atoms with Crippen LogP contribution in [0.3, 0.4) is 0 Å². The average Bonchev–Trinajstić information content (AvgIpc) is 2.35. The van der Waals surface area contributed by atoms with Crippen molar-refractivity contribution in [3.63, 3.8) is 0 Å². The molecule has 2 unspecified atom stereocenters. The van der Waals surface area contributed by atoms with Gasteiger partial charge in [-0.25, -0.2) is 0 Å². The number of alkyl halides is 3. The van der Waals surface area contributed by atoms with E-state index in [0.29, 0.717) is 12.3 Å². The van der Waals surface area contributed by atoms with Crippen molar-refractivity contribution >= 4 is 0 Å². The summed E-state index contributed by atoms with van der Waals surface area (Å²) >= 11 is 0. The molecular weight excluding hydrogens is 251 g/mol. The highest BCUT2D eigenvalue weighted by molar-refractivity contribution is 5.18. The minimum atomic E-state index is -4.03. The van der Waals surface area contributed by atoms with E-state index in [1.54, 1.807) is 0 Å². The van der Waals surface area contributed by atoms with Gasteiger partial charge in [0.2, 0.25) is 0 Å². The van der Waals surface area contributed by atoms with E-state index in [9.17, 15) is 13.2 Å². The number of benzene rings is 1. The van der Waals surface area contributed by atoms with Crippen molar-refractivity contribution in [1.82, 2.24) is 5.32 Å². The van der Waals surface area contributed by atoms with Crippen LogP contribution < -0.4 is 5.32 Å². The van der Waals surface area contributed by atoms with Crippen molar-refractivity contribution in [2.24, 2.45) is 0 Å².